The van der Waals surface area contributed by atoms with Gasteiger partial charge in [-0.15, -0.1) is 0 Å². The highest BCUT2D eigenvalue weighted by molar-refractivity contribution is 5.72. The Labute approximate surface area is 135 Å². The van der Waals surface area contributed by atoms with Crippen molar-refractivity contribution in [3.05, 3.63) is 16.4 Å². The Morgan fingerprint density at radius 3 is 2.43 bits per heavy atom. The van der Waals surface area contributed by atoms with Gasteiger partial charge in [-0.3, -0.25) is 10.1 Å². The summed E-state index contributed by atoms with van der Waals surface area (Å²) in [5, 5.41) is 11.7. The Morgan fingerprint density at radius 2 is 1.87 bits per heavy atom. The van der Waals surface area contributed by atoms with Crippen LogP contribution in [0.5, 0.6) is 0 Å². The van der Waals surface area contributed by atoms with Gasteiger partial charge >= 0.3 is 5.69 Å². The van der Waals surface area contributed by atoms with Crippen LogP contribution < -0.4 is 9.80 Å². The van der Waals surface area contributed by atoms with E-state index in [-0.39, 0.29) is 16.1 Å². The summed E-state index contributed by atoms with van der Waals surface area (Å²) in [4.78, 5) is 25.8. The second-order valence-corrected chi connectivity index (χ2v) is 6.63. The number of nitro groups is 1. The summed E-state index contributed by atoms with van der Waals surface area (Å²) < 4.78 is 5.48. The van der Waals surface area contributed by atoms with Gasteiger partial charge in [0.2, 0.25) is 11.6 Å². The fourth-order valence-electron chi connectivity index (χ4n) is 2.96. The molecular weight excluding hydrogens is 300 g/mol. The second-order valence-electron chi connectivity index (χ2n) is 6.63. The van der Waals surface area contributed by atoms with E-state index in [1.807, 2.05) is 30.7 Å². The standard InChI is InChI=1S/C14H22N6O3/c1-14(2)8-23-10-19(14)13-11(20(21)22)12(15-9-16-13)18-6-4-17(3)5-7-18/h9H,4-8,10H2,1-3H3. The summed E-state index contributed by atoms with van der Waals surface area (Å²) in [7, 11) is 2.04. The number of nitrogens with zero attached hydrogens (tertiary/aromatic N) is 6. The Hall–Kier alpha value is -2.00. The van der Waals surface area contributed by atoms with Crippen LogP contribution in [-0.4, -0.2) is 71.9 Å². The maximum absolute atomic E-state index is 11.7. The number of hydrogen-bond acceptors (Lipinski definition) is 8. The van der Waals surface area contributed by atoms with Crippen molar-refractivity contribution in [2.75, 3.05) is 56.4 Å². The van der Waals surface area contributed by atoms with E-state index in [4.69, 9.17) is 4.74 Å². The third kappa shape index (κ3) is 2.93. The van der Waals surface area contributed by atoms with Crippen LogP contribution >= 0.6 is 0 Å². The van der Waals surface area contributed by atoms with Crippen molar-refractivity contribution in [3.63, 3.8) is 0 Å². The summed E-state index contributed by atoms with van der Waals surface area (Å²) >= 11 is 0. The van der Waals surface area contributed by atoms with Gasteiger partial charge in [0.1, 0.15) is 13.1 Å². The molecule has 2 aliphatic rings. The zero-order chi connectivity index (χ0) is 16.6. The molecule has 0 N–H and O–H groups in total. The molecule has 126 valence electrons. The van der Waals surface area contributed by atoms with E-state index in [2.05, 4.69) is 14.9 Å². The largest absolute Gasteiger partial charge is 0.359 e. The van der Waals surface area contributed by atoms with Gasteiger partial charge in [0.05, 0.1) is 17.1 Å². The van der Waals surface area contributed by atoms with Crippen LogP contribution in [0.2, 0.25) is 0 Å². The summed E-state index contributed by atoms with van der Waals surface area (Å²) in [6, 6.07) is 0. The maximum Gasteiger partial charge on any atom is 0.353 e. The number of likely N-dealkylation sites (N-methyl/N-ethyl adjacent to an activating group) is 1. The molecule has 23 heavy (non-hydrogen) atoms. The van der Waals surface area contributed by atoms with Crippen LogP contribution in [0.15, 0.2) is 6.33 Å². The average Bonchev–Trinajstić information content (AvgIpc) is 2.86. The smallest absolute Gasteiger partial charge is 0.353 e. The zero-order valence-corrected chi connectivity index (χ0v) is 13.7. The van der Waals surface area contributed by atoms with Gasteiger partial charge in [0.25, 0.3) is 0 Å². The highest BCUT2D eigenvalue weighted by Crippen LogP contribution is 2.38. The molecular formula is C14H22N6O3. The van der Waals surface area contributed by atoms with Gasteiger partial charge in [-0.25, -0.2) is 9.97 Å². The molecule has 3 heterocycles. The van der Waals surface area contributed by atoms with Gasteiger partial charge in [-0.1, -0.05) is 0 Å². The summed E-state index contributed by atoms with van der Waals surface area (Å²) in [6.45, 7) is 7.93. The van der Waals surface area contributed by atoms with Crippen molar-refractivity contribution in [1.29, 1.82) is 0 Å². The molecule has 9 heteroatoms. The van der Waals surface area contributed by atoms with Crippen LogP contribution in [0.4, 0.5) is 17.3 Å². The predicted octanol–water partition coefficient (Wildman–Crippen LogP) is 0.709. The van der Waals surface area contributed by atoms with E-state index in [0.29, 0.717) is 38.1 Å². The lowest BCUT2D eigenvalue weighted by atomic mass is 10.1. The first-order valence-electron chi connectivity index (χ1n) is 7.68. The Balaban J connectivity index is 2.01. The molecule has 0 spiro atoms. The van der Waals surface area contributed by atoms with Gasteiger partial charge < -0.3 is 19.4 Å². The number of piperazine rings is 1. The van der Waals surface area contributed by atoms with Crippen LogP contribution in [0, 0.1) is 10.1 Å². The second kappa shape index (κ2) is 5.89. The van der Waals surface area contributed by atoms with E-state index in [1.54, 1.807) is 0 Å². The molecule has 0 aliphatic carbocycles. The number of ether oxygens (including phenoxy) is 1. The molecule has 2 saturated heterocycles. The lowest BCUT2D eigenvalue weighted by Gasteiger charge is -2.34. The van der Waals surface area contributed by atoms with Gasteiger partial charge in [-0.05, 0) is 20.9 Å². The third-order valence-corrected chi connectivity index (χ3v) is 4.43. The van der Waals surface area contributed by atoms with Crippen LogP contribution in [0.1, 0.15) is 13.8 Å². The van der Waals surface area contributed by atoms with Crippen molar-refractivity contribution in [2.24, 2.45) is 0 Å². The van der Waals surface area contributed by atoms with E-state index < -0.39 is 0 Å². The first-order chi connectivity index (χ1) is 10.9. The fourth-order valence-corrected chi connectivity index (χ4v) is 2.96. The molecule has 1 aromatic heterocycles. The minimum atomic E-state index is -0.378. The van der Waals surface area contributed by atoms with Crippen LogP contribution in [-0.2, 0) is 4.74 Å². The predicted molar refractivity (Wildman–Crippen MR) is 85.8 cm³/mol. The molecule has 0 bridgehead atoms. The maximum atomic E-state index is 11.7. The molecule has 0 amide bonds. The Kier molecular flexibility index (Phi) is 4.07. The topological polar surface area (TPSA) is 87.9 Å². The zero-order valence-electron chi connectivity index (χ0n) is 13.7. The molecule has 0 aromatic carbocycles. The molecule has 0 unspecified atom stereocenters. The van der Waals surface area contributed by atoms with Crippen molar-refractivity contribution >= 4 is 17.3 Å². The van der Waals surface area contributed by atoms with Gasteiger partial charge in [0, 0.05) is 26.2 Å². The molecule has 0 saturated carbocycles. The Morgan fingerprint density at radius 1 is 1.22 bits per heavy atom. The molecule has 2 fully saturated rings. The van der Waals surface area contributed by atoms with Crippen molar-refractivity contribution < 1.29 is 9.66 Å². The number of rotatable bonds is 3. The minimum absolute atomic E-state index is 0.0318. The number of aromatic nitrogens is 2. The lowest BCUT2D eigenvalue weighted by Crippen LogP contribution is -2.45. The van der Waals surface area contributed by atoms with Gasteiger partial charge in [0.15, 0.2) is 0 Å². The van der Waals surface area contributed by atoms with Crippen molar-refractivity contribution in [3.8, 4) is 0 Å². The summed E-state index contributed by atoms with van der Waals surface area (Å²) in [5.41, 5.74) is -0.367. The quantitative estimate of drug-likeness (QED) is 0.594. The summed E-state index contributed by atoms with van der Waals surface area (Å²) in [5.74, 6) is 0.734. The average molecular weight is 322 g/mol. The SMILES string of the molecule is CN1CCN(c2ncnc(N3COCC3(C)C)c2[N+](=O)[O-])CC1. The van der Waals surface area contributed by atoms with E-state index in [9.17, 15) is 10.1 Å². The number of anilines is 2. The third-order valence-electron chi connectivity index (χ3n) is 4.43. The Bertz CT molecular complexity index is 600. The highest BCUT2D eigenvalue weighted by Gasteiger charge is 2.40. The van der Waals surface area contributed by atoms with E-state index in [0.717, 1.165) is 13.1 Å². The monoisotopic (exact) mass is 322 g/mol. The molecule has 2 aliphatic heterocycles. The van der Waals surface area contributed by atoms with Gasteiger partial charge in [-0.2, -0.15) is 0 Å². The minimum Gasteiger partial charge on any atom is -0.359 e. The molecule has 3 rings (SSSR count). The molecule has 1 aromatic rings. The van der Waals surface area contributed by atoms with Crippen molar-refractivity contribution in [2.45, 2.75) is 19.4 Å². The molecule has 0 atom stereocenters. The fraction of sp³-hybridized carbons (Fsp3) is 0.714. The van der Waals surface area contributed by atoms with E-state index in [1.165, 1.54) is 6.33 Å². The first-order valence-corrected chi connectivity index (χ1v) is 7.68. The molecule has 0 radical (unpaired) electrons. The van der Waals surface area contributed by atoms with Crippen LogP contribution in [0.3, 0.4) is 0 Å². The first kappa shape index (κ1) is 15.9. The number of hydrogen-bond donors (Lipinski definition) is 0. The highest BCUT2D eigenvalue weighted by atomic mass is 16.6. The van der Waals surface area contributed by atoms with E-state index >= 15 is 0 Å². The van der Waals surface area contributed by atoms with Crippen molar-refractivity contribution in [1.82, 2.24) is 14.9 Å². The van der Waals surface area contributed by atoms with Crippen LogP contribution in [0.25, 0.3) is 0 Å². The lowest BCUT2D eigenvalue weighted by molar-refractivity contribution is -0.383. The summed E-state index contributed by atoms with van der Waals surface area (Å²) in [6.07, 6.45) is 1.41. The normalized spacial score (nSPS) is 21.7. The molecule has 9 nitrogen and oxygen atoms in total.